The van der Waals surface area contributed by atoms with Gasteiger partial charge >= 0.3 is 6.09 Å². The number of ether oxygens (including phenoxy) is 1. The molecule has 0 aliphatic carbocycles. The van der Waals surface area contributed by atoms with Gasteiger partial charge < -0.3 is 4.74 Å². The lowest BCUT2D eigenvalue weighted by molar-refractivity contribution is 0.0379. The van der Waals surface area contributed by atoms with Gasteiger partial charge in [-0.3, -0.25) is 9.89 Å². The highest BCUT2D eigenvalue weighted by Gasteiger charge is 2.31. The van der Waals surface area contributed by atoms with Crippen molar-refractivity contribution in [2.75, 3.05) is 6.54 Å². The minimum Gasteiger partial charge on any atom is -0.443 e. The standard InChI is InChI=1S/C15H20N2O2/c1-11-10-17(14(18)19-15(2,3)4)13(16-11)12-8-6-5-7-9-12/h5-9,11H,10H2,1-4H3/t11-/m1/s1. The largest absolute Gasteiger partial charge is 0.443 e. The zero-order valence-corrected chi connectivity index (χ0v) is 11.9. The van der Waals surface area contributed by atoms with E-state index in [2.05, 4.69) is 4.99 Å². The van der Waals surface area contributed by atoms with E-state index in [-0.39, 0.29) is 12.1 Å². The van der Waals surface area contributed by atoms with Crippen LogP contribution in [0.4, 0.5) is 4.79 Å². The fourth-order valence-corrected chi connectivity index (χ4v) is 1.97. The minimum absolute atomic E-state index is 0.0997. The van der Waals surface area contributed by atoms with Crippen LogP contribution in [0.25, 0.3) is 0 Å². The summed E-state index contributed by atoms with van der Waals surface area (Å²) in [4.78, 5) is 18.4. The van der Waals surface area contributed by atoms with Gasteiger partial charge in [-0.15, -0.1) is 0 Å². The van der Waals surface area contributed by atoms with Crippen LogP contribution in [0.3, 0.4) is 0 Å². The summed E-state index contributed by atoms with van der Waals surface area (Å²) in [6, 6.07) is 9.83. The highest BCUT2D eigenvalue weighted by molar-refractivity contribution is 6.07. The maximum Gasteiger partial charge on any atom is 0.416 e. The van der Waals surface area contributed by atoms with E-state index >= 15 is 0 Å². The molecule has 0 saturated heterocycles. The Morgan fingerprint density at radius 2 is 1.95 bits per heavy atom. The lowest BCUT2D eigenvalue weighted by Crippen LogP contribution is -2.40. The molecule has 1 atom stereocenters. The molecule has 4 heteroatoms. The van der Waals surface area contributed by atoms with Gasteiger partial charge in [0, 0.05) is 5.56 Å². The van der Waals surface area contributed by atoms with Gasteiger partial charge in [-0.1, -0.05) is 30.3 Å². The Bertz CT molecular complexity index is 489. The van der Waals surface area contributed by atoms with Crippen LogP contribution in [0, 0.1) is 0 Å². The number of hydrogen-bond acceptors (Lipinski definition) is 3. The molecular formula is C15H20N2O2. The maximum atomic E-state index is 12.2. The predicted octanol–water partition coefficient (Wildman–Crippen LogP) is 3.07. The van der Waals surface area contributed by atoms with Crippen LogP contribution < -0.4 is 0 Å². The van der Waals surface area contributed by atoms with E-state index in [4.69, 9.17) is 4.74 Å². The van der Waals surface area contributed by atoms with Crippen molar-refractivity contribution in [1.82, 2.24) is 4.90 Å². The molecule has 1 aromatic carbocycles. The molecule has 0 radical (unpaired) electrons. The third kappa shape index (κ3) is 3.34. The summed E-state index contributed by atoms with van der Waals surface area (Å²) >= 11 is 0. The van der Waals surface area contributed by atoms with Crippen LogP contribution in [0.1, 0.15) is 33.3 Å². The summed E-state index contributed by atoms with van der Waals surface area (Å²) in [5.41, 5.74) is 0.447. The van der Waals surface area contributed by atoms with Gasteiger partial charge in [-0.05, 0) is 27.7 Å². The molecule has 2 rings (SSSR count). The topological polar surface area (TPSA) is 41.9 Å². The first-order chi connectivity index (χ1) is 8.87. The molecule has 4 nitrogen and oxygen atoms in total. The average Bonchev–Trinajstić information content (AvgIpc) is 2.70. The Hall–Kier alpha value is -1.84. The van der Waals surface area contributed by atoms with Crippen molar-refractivity contribution in [3.8, 4) is 0 Å². The summed E-state index contributed by atoms with van der Waals surface area (Å²) in [6.07, 6.45) is -0.334. The third-order valence-corrected chi connectivity index (χ3v) is 2.69. The van der Waals surface area contributed by atoms with Gasteiger partial charge in [0.2, 0.25) is 0 Å². The van der Waals surface area contributed by atoms with E-state index in [1.54, 1.807) is 4.90 Å². The highest BCUT2D eigenvalue weighted by Crippen LogP contribution is 2.19. The molecule has 0 spiro atoms. The Balaban J connectivity index is 2.22. The van der Waals surface area contributed by atoms with Gasteiger partial charge in [-0.25, -0.2) is 4.79 Å². The van der Waals surface area contributed by atoms with Crippen molar-refractivity contribution in [3.63, 3.8) is 0 Å². The third-order valence-electron chi connectivity index (χ3n) is 2.69. The van der Waals surface area contributed by atoms with Crippen molar-refractivity contribution in [1.29, 1.82) is 0 Å². The molecule has 1 aromatic rings. The van der Waals surface area contributed by atoms with Crippen molar-refractivity contribution < 1.29 is 9.53 Å². The first kappa shape index (κ1) is 13.6. The normalized spacial score (nSPS) is 19.3. The number of benzene rings is 1. The number of aliphatic imine (C=N–C) groups is 1. The highest BCUT2D eigenvalue weighted by atomic mass is 16.6. The lowest BCUT2D eigenvalue weighted by atomic mass is 10.2. The van der Waals surface area contributed by atoms with Crippen LogP contribution in [0.2, 0.25) is 0 Å². The molecule has 19 heavy (non-hydrogen) atoms. The van der Waals surface area contributed by atoms with E-state index in [1.165, 1.54) is 0 Å². The molecule has 0 bridgehead atoms. The number of rotatable bonds is 1. The number of nitrogens with zero attached hydrogens (tertiary/aromatic N) is 2. The first-order valence-electron chi connectivity index (χ1n) is 6.50. The van der Waals surface area contributed by atoms with Gasteiger partial charge in [0.1, 0.15) is 11.4 Å². The maximum absolute atomic E-state index is 12.2. The van der Waals surface area contributed by atoms with Gasteiger partial charge in [-0.2, -0.15) is 0 Å². The molecule has 102 valence electrons. The van der Waals surface area contributed by atoms with Crippen LogP contribution >= 0.6 is 0 Å². The summed E-state index contributed by atoms with van der Waals surface area (Å²) in [5.74, 6) is 0.697. The lowest BCUT2D eigenvalue weighted by Gasteiger charge is -2.25. The Labute approximate surface area is 114 Å². The Morgan fingerprint density at radius 3 is 2.53 bits per heavy atom. The monoisotopic (exact) mass is 260 g/mol. The number of hydrogen-bond donors (Lipinski definition) is 0. The Morgan fingerprint density at radius 1 is 1.32 bits per heavy atom. The summed E-state index contributed by atoms with van der Waals surface area (Å²) in [6.45, 7) is 8.16. The fraction of sp³-hybridized carbons (Fsp3) is 0.467. The second-order valence-electron chi connectivity index (χ2n) is 5.76. The van der Waals surface area contributed by atoms with E-state index in [0.717, 1.165) is 5.56 Å². The predicted molar refractivity (Wildman–Crippen MR) is 75.4 cm³/mol. The minimum atomic E-state index is -0.495. The number of carbonyl (C=O) groups is 1. The molecule has 1 heterocycles. The second kappa shape index (κ2) is 5.03. The first-order valence-corrected chi connectivity index (χ1v) is 6.50. The smallest absolute Gasteiger partial charge is 0.416 e. The molecule has 1 aliphatic heterocycles. The summed E-state index contributed by atoms with van der Waals surface area (Å²) < 4.78 is 5.43. The molecule has 1 amide bonds. The molecule has 1 aliphatic rings. The Kier molecular flexibility index (Phi) is 3.60. The molecule has 0 aromatic heterocycles. The zero-order chi connectivity index (χ0) is 14.0. The van der Waals surface area contributed by atoms with Crippen LogP contribution in [0.5, 0.6) is 0 Å². The second-order valence-corrected chi connectivity index (χ2v) is 5.76. The number of amidine groups is 1. The van der Waals surface area contributed by atoms with Gasteiger partial charge in [0.25, 0.3) is 0 Å². The fourth-order valence-electron chi connectivity index (χ4n) is 1.97. The van der Waals surface area contributed by atoms with Crippen LogP contribution in [-0.4, -0.2) is 35.0 Å². The quantitative estimate of drug-likeness (QED) is 0.778. The molecule has 0 saturated carbocycles. The number of carbonyl (C=O) groups excluding carboxylic acids is 1. The van der Waals surface area contributed by atoms with E-state index in [9.17, 15) is 4.79 Å². The number of amides is 1. The molecular weight excluding hydrogens is 240 g/mol. The van der Waals surface area contributed by atoms with Crippen molar-refractivity contribution in [2.24, 2.45) is 4.99 Å². The van der Waals surface area contributed by atoms with E-state index in [0.29, 0.717) is 12.4 Å². The summed E-state index contributed by atoms with van der Waals surface area (Å²) in [5, 5.41) is 0. The van der Waals surface area contributed by atoms with E-state index < -0.39 is 5.60 Å². The molecule has 0 N–H and O–H groups in total. The zero-order valence-electron chi connectivity index (χ0n) is 11.9. The average molecular weight is 260 g/mol. The molecule has 0 unspecified atom stereocenters. The van der Waals surface area contributed by atoms with Gasteiger partial charge in [0.05, 0.1) is 12.6 Å². The van der Waals surface area contributed by atoms with Crippen LogP contribution in [-0.2, 0) is 4.74 Å². The van der Waals surface area contributed by atoms with Crippen molar-refractivity contribution >= 4 is 11.9 Å². The van der Waals surface area contributed by atoms with Gasteiger partial charge in [0.15, 0.2) is 0 Å². The summed E-state index contributed by atoms with van der Waals surface area (Å²) in [7, 11) is 0. The van der Waals surface area contributed by atoms with E-state index in [1.807, 2.05) is 58.0 Å². The van der Waals surface area contributed by atoms with Crippen molar-refractivity contribution in [3.05, 3.63) is 35.9 Å². The SMILES string of the molecule is C[C@@H]1CN(C(=O)OC(C)(C)C)C(c2ccccc2)=N1. The molecule has 0 fully saturated rings. The van der Waals surface area contributed by atoms with Crippen LogP contribution in [0.15, 0.2) is 35.3 Å². The van der Waals surface area contributed by atoms with Crippen molar-refractivity contribution in [2.45, 2.75) is 39.3 Å².